The summed E-state index contributed by atoms with van der Waals surface area (Å²) in [5.74, 6) is -1.14. The second kappa shape index (κ2) is 8.32. The molecule has 0 aliphatic heterocycles. The summed E-state index contributed by atoms with van der Waals surface area (Å²) in [5, 5.41) is 21.0. The highest BCUT2D eigenvalue weighted by Crippen LogP contribution is 2.06. The molecule has 110 valence electrons. The quantitative estimate of drug-likeness (QED) is 0.631. The van der Waals surface area contributed by atoms with Crippen molar-refractivity contribution < 1.29 is 19.8 Å². The van der Waals surface area contributed by atoms with E-state index in [1.165, 1.54) is 12.1 Å². The minimum atomic E-state index is -0.999. The number of rotatable bonds is 8. The second-order valence-corrected chi connectivity index (χ2v) is 4.74. The van der Waals surface area contributed by atoms with E-state index in [1.807, 2.05) is 6.92 Å². The number of aliphatic hydroxyl groups is 1. The van der Waals surface area contributed by atoms with Gasteiger partial charge in [-0.2, -0.15) is 0 Å². The molecule has 0 aliphatic carbocycles. The highest BCUT2D eigenvalue weighted by atomic mass is 16.4. The first-order valence-electron chi connectivity index (χ1n) is 6.80. The van der Waals surface area contributed by atoms with Gasteiger partial charge in [0.1, 0.15) is 0 Å². The average Bonchev–Trinajstić information content (AvgIpc) is 2.43. The van der Waals surface area contributed by atoms with Crippen LogP contribution in [0.3, 0.4) is 0 Å². The molecule has 1 unspecified atom stereocenters. The van der Waals surface area contributed by atoms with Crippen LogP contribution in [0.15, 0.2) is 24.3 Å². The zero-order valence-electron chi connectivity index (χ0n) is 11.6. The van der Waals surface area contributed by atoms with Gasteiger partial charge in [-0.25, -0.2) is 4.79 Å². The highest BCUT2D eigenvalue weighted by molar-refractivity contribution is 5.88. The Kier molecular flexibility index (Phi) is 6.73. The number of carboxylic acids is 1. The smallest absolute Gasteiger partial charge is 0.335 e. The Balaban J connectivity index is 2.35. The van der Waals surface area contributed by atoms with Crippen molar-refractivity contribution in [1.82, 2.24) is 5.32 Å². The average molecular weight is 279 g/mol. The third-order valence-electron chi connectivity index (χ3n) is 3.05. The Morgan fingerprint density at radius 3 is 2.75 bits per heavy atom. The van der Waals surface area contributed by atoms with Crippen LogP contribution < -0.4 is 5.32 Å². The predicted octanol–water partition coefficient (Wildman–Crippen LogP) is 1.59. The summed E-state index contributed by atoms with van der Waals surface area (Å²) in [4.78, 5) is 22.5. The molecule has 0 radical (unpaired) electrons. The van der Waals surface area contributed by atoms with Crippen LogP contribution in [-0.4, -0.2) is 34.7 Å². The van der Waals surface area contributed by atoms with Gasteiger partial charge in [0, 0.05) is 6.54 Å². The molecular formula is C15H21NO4. The minimum absolute atomic E-state index is 0.140. The zero-order chi connectivity index (χ0) is 15.0. The second-order valence-electron chi connectivity index (χ2n) is 4.74. The van der Waals surface area contributed by atoms with E-state index < -0.39 is 5.97 Å². The number of carbonyl (C=O) groups excluding carboxylic acids is 1. The number of aromatic carboxylic acids is 1. The molecular weight excluding hydrogens is 258 g/mol. The number of carboxylic acid groups (broad SMARTS) is 1. The Morgan fingerprint density at radius 2 is 2.10 bits per heavy atom. The lowest BCUT2D eigenvalue weighted by Gasteiger charge is -2.08. The van der Waals surface area contributed by atoms with Crippen LogP contribution in [0.4, 0.5) is 0 Å². The number of nitrogens with one attached hydrogen (secondary N) is 1. The maximum atomic E-state index is 11.7. The van der Waals surface area contributed by atoms with Crippen LogP contribution in [0.5, 0.6) is 0 Å². The Morgan fingerprint density at radius 1 is 1.35 bits per heavy atom. The molecule has 1 atom stereocenters. The fraction of sp³-hybridized carbons (Fsp3) is 0.467. The number of amides is 1. The first-order valence-corrected chi connectivity index (χ1v) is 6.80. The van der Waals surface area contributed by atoms with Crippen molar-refractivity contribution in [1.29, 1.82) is 0 Å². The number of carbonyl (C=O) groups is 2. The fourth-order valence-electron chi connectivity index (χ4n) is 1.83. The number of hydrogen-bond acceptors (Lipinski definition) is 3. The van der Waals surface area contributed by atoms with Crippen molar-refractivity contribution in [3.63, 3.8) is 0 Å². The Bertz CT molecular complexity index is 459. The molecule has 5 heteroatoms. The molecule has 0 saturated heterocycles. The van der Waals surface area contributed by atoms with Crippen molar-refractivity contribution >= 4 is 11.9 Å². The predicted molar refractivity (Wildman–Crippen MR) is 75.6 cm³/mol. The molecule has 3 N–H and O–H groups in total. The summed E-state index contributed by atoms with van der Waals surface area (Å²) in [6.45, 7) is 2.44. The molecule has 1 aromatic rings. The van der Waals surface area contributed by atoms with Gasteiger partial charge in [-0.3, -0.25) is 4.79 Å². The van der Waals surface area contributed by atoms with E-state index in [4.69, 9.17) is 5.11 Å². The molecule has 1 aromatic carbocycles. The molecule has 0 spiro atoms. The van der Waals surface area contributed by atoms with Crippen LogP contribution >= 0.6 is 0 Å². The van der Waals surface area contributed by atoms with E-state index in [0.29, 0.717) is 18.5 Å². The summed E-state index contributed by atoms with van der Waals surface area (Å²) >= 11 is 0. The van der Waals surface area contributed by atoms with Crippen LogP contribution in [0.25, 0.3) is 0 Å². The molecule has 20 heavy (non-hydrogen) atoms. The van der Waals surface area contributed by atoms with Gasteiger partial charge in [0.25, 0.3) is 0 Å². The third kappa shape index (κ3) is 5.84. The van der Waals surface area contributed by atoms with Gasteiger partial charge in [-0.1, -0.05) is 19.1 Å². The minimum Gasteiger partial charge on any atom is -0.478 e. The van der Waals surface area contributed by atoms with Crippen molar-refractivity contribution in [3.05, 3.63) is 35.4 Å². The lowest BCUT2D eigenvalue weighted by Crippen LogP contribution is -2.26. The van der Waals surface area contributed by atoms with E-state index in [-0.39, 0.29) is 24.0 Å². The summed E-state index contributed by atoms with van der Waals surface area (Å²) in [5.41, 5.74) is 0.859. The lowest BCUT2D eigenvalue weighted by atomic mass is 10.1. The number of aliphatic hydroxyl groups excluding tert-OH is 1. The largest absolute Gasteiger partial charge is 0.478 e. The van der Waals surface area contributed by atoms with Crippen molar-refractivity contribution in [2.24, 2.45) is 0 Å². The molecule has 0 heterocycles. The Labute approximate surface area is 118 Å². The van der Waals surface area contributed by atoms with Crippen LogP contribution in [-0.2, 0) is 11.2 Å². The van der Waals surface area contributed by atoms with Gasteiger partial charge in [-0.15, -0.1) is 0 Å². The van der Waals surface area contributed by atoms with E-state index in [0.717, 1.165) is 12.8 Å². The first-order chi connectivity index (χ1) is 9.52. The molecule has 0 saturated carbocycles. The maximum Gasteiger partial charge on any atom is 0.335 e. The molecule has 0 bridgehead atoms. The van der Waals surface area contributed by atoms with Gasteiger partial charge in [0.05, 0.1) is 18.1 Å². The SMILES string of the molecule is CCC(O)CCCNC(=O)Cc1cccc(C(=O)O)c1. The zero-order valence-corrected chi connectivity index (χ0v) is 11.6. The van der Waals surface area contributed by atoms with E-state index >= 15 is 0 Å². The first kappa shape index (κ1) is 16.2. The number of hydrogen-bond donors (Lipinski definition) is 3. The molecule has 0 aromatic heterocycles. The molecule has 0 aliphatic rings. The van der Waals surface area contributed by atoms with Crippen molar-refractivity contribution in [2.75, 3.05) is 6.54 Å². The van der Waals surface area contributed by atoms with Crippen molar-refractivity contribution in [2.45, 2.75) is 38.7 Å². The Hall–Kier alpha value is -1.88. The van der Waals surface area contributed by atoms with Crippen LogP contribution in [0, 0.1) is 0 Å². The van der Waals surface area contributed by atoms with Gasteiger partial charge in [0.2, 0.25) is 5.91 Å². The monoisotopic (exact) mass is 279 g/mol. The number of benzene rings is 1. The summed E-state index contributed by atoms with van der Waals surface area (Å²) in [7, 11) is 0. The van der Waals surface area contributed by atoms with Crippen LogP contribution in [0.2, 0.25) is 0 Å². The van der Waals surface area contributed by atoms with E-state index in [2.05, 4.69) is 5.32 Å². The molecule has 1 rings (SSSR count). The van der Waals surface area contributed by atoms with Gasteiger partial charge >= 0.3 is 5.97 Å². The fourth-order valence-corrected chi connectivity index (χ4v) is 1.83. The molecule has 1 amide bonds. The van der Waals surface area contributed by atoms with Crippen molar-refractivity contribution in [3.8, 4) is 0 Å². The summed E-state index contributed by atoms with van der Waals surface area (Å²) in [6, 6.07) is 6.36. The van der Waals surface area contributed by atoms with Crippen LogP contribution in [0.1, 0.15) is 42.1 Å². The maximum absolute atomic E-state index is 11.7. The third-order valence-corrected chi connectivity index (χ3v) is 3.05. The van der Waals surface area contributed by atoms with E-state index in [9.17, 15) is 14.7 Å². The molecule has 0 fully saturated rings. The normalized spacial score (nSPS) is 11.9. The summed E-state index contributed by atoms with van der Waals surface area (Å²) in [6.07, 6.45) is 1.98. The topological polar surface area (TPSA) is 86.6 Å². The standard InChI is InChI=1S/C15H21NO4/c1-2-13(17)7-4-8-16-14(18)10-11-5-3-6-12(9-11)15(19)20/h3,5-6,9,13,17H,2,4,7-8,10H2,1H3,(H,16,18)(H,19,20). The van der Waals surface area contributed by atoms with E-state index in [1.54, 1.807) is 12.1 Å². The highest BCUT2D eigenvalue weighted by Gasteiger charge is 2.07. The summed E-state index contributed by atoms with van der Waals surface area (Å²) < 4.78 is 0. The lowest BCUT2D eigenvalue weighted by molar-refractivity contribution is -0.120. The van der Waals surface area contributed by atoms with Gasteiger partial charge in [0.15, 0.2) is 0 Å². The van der Waals surface area contributed by atoms with Gasteiger partial charge in [-0.05, 0) is 37.0 Å². The molecule has 5 nitrogen and oxygen atoms in total. The van der Waals surface area contributed by atoms with Gasteiger partial charge < -0.3 is 15.5 Å².